The molecule has 90 valence electrons. The quantitative estimate of drug-likeness (QED) is 0.777. The third-order valence-electron chi connectivity index (χ3n) is 2.20. The van der Waals surface area contributed by atoms with Gasteiger partial charge >= 0.3 is 5.97 Å². The van der Waals surface area contributed by atoms with Crippen LogP contribution >= 0.6 is 0 Å². The molecule has 16 heavy (non-hydrogen) atoms. The molecule has 1 atom stereocenters. The van der Waals surface area contributed by atoms with Crippen LogP contribution in [-0.4, -0.2) is 21.4 Å². The number of carbonyl (C=O) groups excluding carboxylic acids is 1. The topological polar surface area (TPSA) is 70.1 Å². The zero-order valence-electron chi connectivity index (χ0n) is 10.4. The van der Waals surface area contributed by atoms with E-state index >= 15 is 0 Å². The summed E-state index contributed by atoms with van der Waals surface area (Å²) in [5.41, 5.74) is 6.54. The average molecular weight is 225 g/mol. The Morgan fingerprint density at radius 1 is 1.56 bits per heavy atom. The van der Waals surface area contributed by atoms with Gasteiger partial charge in [-0.3, -0.25) is 4.68 Å². The Balaban J connectivity index is 2.83. The molecule has 0 fully saturated rings. The standard InChI is InChI=1S/C11H19N3O2/c1-7-9(12)6-13-14(7)8(2)10(15)16-11(3,4)5/h6,8H,12H2,1-5H3. The molecule has 0 saturated heterocycles. The number of rotatable bonds is 2. The number of esters is 1. The number of carbonyl (C=O) groups is 1. The normalized spacial score (nSPS) is 13.6. The predicted molar refractivity (Wildman–Crippen MR) is 61.9 cm³/mol. The van der Waals surface area contributed by atoms with Gasteiger partial charge in [-0.25, -0.2) is 4.79 Å². The minimum atomic E-state index is -0.488. The van der Waals surface area contributed by atoms with Crippen molar-refractivity contribution in [2.24, 2.45) is 0 Å². The van der Waals surface area contributed by atoms with E-state index < -0.39 is 11.6 Å². The molecule has 0 aliphatic rings. The summed E-state index contributed by atoms with van der Waals surface area (Å²) >= 11 is 0. The van der Waals surface area contributed by atoms with Crippen LogP contribution < -0.4 is 5.73 Å². The molecular formula is C11H19N3O2. The van der Waals surface area contributed by atoms with Crippen molar-refractivity contribution in [2.45, 2.75) is 46.3 Å². The van der Waals surface area contributed by atoms with Crippen molar-refractivity contribution in [1.29, 1.82) is 0 Å². The molecule has 0 radical (unpaired) electrons. The summed E-state index contributed by atoms with van der Waals surface area (Å²) in [4.78, 5) is 11.8. The Hall–Kier alpha value is -1.52. The van der Waals surface area contributed by atoms with Crippen molar-refractivity contribution in [2.75, 3.05) is 5.73 Å². The van der Waals surface area contributed by atoms with Gasteiger partial charge in [0, 0.05) is 0 Å². The fourth-order valence-corrected chi connectivity index (χ4v) is 1.31. The minimum absolute atomic E-state index is 0.307. The highest BCUT2D eigenvalue weighted by molar-refractivity contribution is 5.74. The van der Waals surface area contributed by atoms with E-state index in [-0.39, 0.29) is 5.97 Å². The smallest absolute Gasteiger partial charge is 0.331 e. The van der Waals surface area contributed by atoms with Gasteiger partial charge in [0.05, 0.1) is 17.6 Å². The Morgan fingerprint density at radius 3 is 2.50 bits per heavy atom. The van der Waals surface area contributed by atoms with Crippen LogP contribution in [0.1, 0.15) is 39.4 Å². The van der Waals surface area contributed by atoms with Crippen LogP contribution in [0, 0.1) is 6.92 Å². The Kier molecular flexibility index (Phi) is 3.26. The van der Waals surface area contributed by atoms with Crippen molar-refractivity contribution in [1.82, 2.24) is 9.78 Å². The van der Waals surface area contributed by atoms with Gasteiger partial charge in [-0.15, -0.1) is 0 Å². The van der Waals surface area contributed by atoms with E-state index in [1.54, 1.807) is 11.6 Å². The summed E-state index contributed by atoms with van der Waals surface area (Å²) in [6, 6.07) is -0.462. The molecule has 0 aromatic carbocycles. The molecule has 1 rings (SSSR count). The van der Waals surface area contributed by atoms with E-state index in [9.17, 15) is 4.79 Å². The maximum atomic E-state index is 11.8. The Labute approximate surface area is 95.6 Å². The highest BCUT2D eigenvalue weighted by Gasteiger charge is 2.24. The Bertz CT molecular complexity index is 390. The van der Waals surface area contributed by atoms with Gasteiger partial charge in [-0.2, -0.15) is 5.10 Å². The predicted octanol–water partition coefficient (Wildman–Crippen LogP) is 1.68. The second-order valence-corrected chi connectivity index (χ2v) is 4.84. The maximum Gasteiger partial charge on any atom is 0.331 e. The number of nitrogens with zero attached hydrogens (tertiary/aromatic N) is 2. The van der Waals surface area contributed by atoms with Crippen LogP contribution in [0.5, 0.6) is 0 Å². The Morgan fingerprint density at radius 2 is 2.12 bits per heavy atom. The summed E-state index contributed by atoms with van der Waals surface area (Å²) in [6.45, 7) is 9.07. The molecule has 5 nitrogen and oxygen atoms in total. The molecule has 0 saturated carbocycles. The first-order chi connectivity index (χ1) is 7.22. The number of nitrogens with two attached hydrogens (primary N) is 1. The maximum absolute atomic E-state index is 11.8. The zero-order chi connectivity index (χ0) is 12.5. The molecular weight excluding hydrogens is 206 g/mol. The lowest BCUT2D eigenvalue weighted by molar-refractivity contribution is -0.158. The SMILES string of the molecule is Cc1c(N)cnn1C(C)C(=O)OC(C)(C)C. The van der Waals surface area contributed by atoms with E-state index in [0.29, 0.717) is 5.69 Å². The third-order valence-corrected chi connectivity index (χ3v) is 2.20. The lowest BCUT2D eigenvalue weighted by atomic mass is 10.2. The molecule has 0 aliphatic heterocycles. The van der Waals surface area contributed by atoms with Gasteiger partial charge in [-0.05, 0) is 34.6 Å². The van der Waals surface area contributed by atoms with Crippen molar-refractivity contribution < 1.29 is 9.53 Å². The van der Waals surface area contributed by atoms with Crippen LogP contribution in [0.15, 0.2) is 6.20 Å². The molecule has 5 heteroatoms. The molecule has 1 unspecified atom stereocenters. The monoisotopic (exact) mass is 225 g/mol. The number of ether oxygens (including phenoxy) is 1. The van der Waals surface area contributed by atoms with E-state index in [2.05, 4.69) is 5.10 Å². The van der Waals surface area contributed by atoms with Gasteiger partial charge in [0.25, 0.3) is 0 Å². The first-order valence-electron chi connectivity index (χ1n) is 5.25. The van der Waals surface area contributed by atoms with Gasteiger partial charge in [0.2, 0.25) is 0 Å². The summed E-state index contributed by atoms with van der Waals surface area (Å²) in [7, 11) is 0. The molecule has 0 bridgehead atoms. The highest BCUT2D eigenvalue weighted by Crippen LogP contribution is 2.18. The lowest BCUT2D eigenvalue weighted by Gasteiger charge is -2.22. The summed E-state index contributed by atoms with van der Waals surface area (Å²) < 4.78 is 6.85. The zero-order valence-corrected chi connectivity index (χ0v) is 10.4. The second-order valence-electron chi connectivity index (χ2n) is 4.84. The van der Waals surface area contributed by atoms with Crippen LogP contribution in [0.4, 0.5) is 5.69 Å². The minimum Gasteiger partial charge on any atom is -0.458 e. The molecule has 2 N–H and O–H groups in total. The first kappa shape index (κ1) is 12.5. The molecule has 0 amide bonds. The number of anilines is 1. The largest absolute Gasteiger partial charge is 0.458 e. The van der Waals surface area contributed by atoms with Gasteiger partial charge in [0.15, 0.2) is 0 Å². The van der Waals surface area contributed by atoms with Crippen LogP contribution in [0.3, 0.4) is 0 Å². The van der Waals surface area contributed by atoms with E-state index in [1.807, 2.05) is 27.7 Å². The van der Waals surface area contributed by atoms with Crippen LogP contribution in [0.2, 0.25) is 0 Å². The first-order valence-corrected chi connectivity index (χ1v) is 5.25. The highest BCUT2D eigenvalue weighted by atomic mass is 16.6. The fourth-order valence-electron chi connectivity index (χ4n) is 1.31. The summed E-state index contributed by atoms with van der Waals surface area (Å²) in [6.07, 6.45) is 1.54. The lowest BCUT2D eigenvalue weighted by Crippen LogP contribution is -2.29. The number of hydrogen-bond donors (Lipinski definition) is 1. The third kappa shape index (κ3) is 2.74. The van der Waals surface area contributed by atoms with Gasteiger partial charge in [-0.1, -0.05) is 0 Å². The summed E-state index contributed by atoms with van der Waals surface area (Å²) in [5, 5.41) is 4.06. The van der Waals surface area contributed by atoms with E-state index in [0.717, 1.165) is 5.69 Å². The second kappa shape index (κ2) is 4.15. The number of hydrogen-bond acceptors (Lipinski definition) is 4. The van der Waals surface area contributed by atoms with E-state index in [4.69, 9.17) is 10.5 Å². The van der Waals surface area contributed by atoms with Crippen molar-refractivity contribution in [3.63, 3.8) is 0 Å². The van der Waals surface area contributed by atoms with Gasteiger partial charge < -0.3 is 10.5 Å². The van der Waals surface area contributed by atoms with Crippen molar-refractivity contribution in [3.8, 4) is 0 Å². The molecule has 0 spiro atoms. The number of nitrogen functional groups attached to an aromatic ring is 1. The van der Waals surface area contributed by atoms with Crippen molar-refractivity contribution >= 4 is 11.7 Å². The average Bonchev–Trinajstić information content (AvgIpc) is 2.44. The van der Waals surface area contributed by atoms with Crippen LogP contribution in [0.25, 0.3) is 0 Å². The molecule has 1 aromatic heterocycles. The summed E-state index contributed by atoms with van der Waals surface area (Å²) in [5.74, 6) is -0.307. The molecule has 1 heterocycles. The van der Waals surface area contributed by atoms with E-state index in [1.165, 1.54) is 6.20 Å². The fraction of sp³-hybridized carbons (Fsp3) is 0.636. The number of aromatic nitrogens is 2. The van der Waals surface area contributed by atoms with Gasteiger partial charge in [0.1, 0.15) is 11.6 Å². The molecule has 0 aliphatic carbocycles. The van der Waals surface area contributed by atoms with Crippen LogP contribution in [-0.2, 0) is 9.53 Å². The van der Waals surface area contributed by atoms with Crippen molar-refractivity contribution in [3.05, 3.63) is 11.9 Å². The molecule has 1 aromatic rings.